The van der Waals surface area contributed by atoms with Crippen molar-refractivity contribution < 1.29 is 34.9 Å². The summed E-state index contributed by atoms with van der Waals surface area (Å²) in [5.41, 5.74) is 0. The Morgan fingerprint density at radius 3 is 1.25 bits per heavy atom. The number of aromatic nitrogens is 1. The Balaban J connectivity index is 0.00000118. The van der Waals surface area contributed by atoms with Gasteiger partial charge in [0.15, 0.2) is 12.4 Å². The van der Waals surface area contributed by atoms with E-state index >= 15 is 0 Å². The van der Waals surface area contributed by atoms with Crippen molar-refractivity contribution in [2.24, 2.45) is 0 Å². The Kier molecular flexibility index (Phi) is 15.2. The molecule has 0 aliphatic heterocycles. The fraction of sp³-hybridized carbons (Fsp3) is 0.783. The first-order valence-corrected chi connectivity index (χ1v) is 14.1. The van der Waals surface area contributed by atoms with Crippen molar-refractivity contribution in [3.63, 3.8) is 0 Å². The fourth-order valence-electron chi connectivity index (χ4n) is 3.31. The summed E-state index contributed by atoms with van der Waals surface area (Å²) in [5, 5.41) is 0. The number of ether oxygens (including phenoxy) is 1. The molecule has 0 saturated carbocycles. The van der Waals surface area contributed by atoms with Crippen molar-refractivity contribution in [2.75, 3.05) is 6.61 Å². The Morgan fingerprint density at radius 1 is 0.594 bits per heavy atom. The van der Waals surface area contributed by atoms with Gasteiger partial charge in [0.1, 0.15) is 5.75 Å². The van der Waals surface area contributed by atoms with Gasteiger partial charge in [0.2, 0.25) is 0 Å². The summed E-state index contributed by atoms with van der Waals surface area (Å²) < 4.78 is 64.9. The van der Waals surface area contributed by atoms with Crippen LogP contribution >= 0.6 is 7.81 Å². The van der Waals surface area contributed by atoms with Crippen molar-refractivity contribution in [2.45, 2.75) is 110 Å². The second-order valence-corrected chi connectivity index (χ2v) is 10.3. The molecule has 0 radical (unpaired) electrons. The summed E-state index contributed by atoms with van der Waals surface area (Å²) in [4.78, 5) is 3.01. The number of hydrogen-bond acceptors (Lipinski definition) is 1. The molecule has 192 valence electrons. The molecule has 0 unspecified atom stereocenters. The van der Waals surface area contributed by atoms with E-state index in [1.807, 2.05) is 24.5 Å². The summed E-state index contributed by atoms with van der Waals surface area (Å²) in [5.74, 6) is 0.972. The van der Waals surface area contributed by atoms with Crippen LogP contribution < -0.4 is 9.72 Å². The van der Waals surface area contributed by atoms with E-state index in [1.54, 1.807) is 0 Å². The second-order valence-electron chi connectivity index (χ2n) is 8.35. The number of hydrogen-bond donors (Lipinski definition) is 0. The molecule has 1 heterocycles. The van der Waals surface area contributed by atoms with Crippen LogP contribution in [0.15, 0.2) is 24.5 Å². The predicted octanol–water partition coefficient (Wildman–Crippen LogP) is 10.5. The van der Waals surface area contributed by atoms with Gasteiger partial charge in [-0.1, -0.05) is 103 Å². The van der Waals surface area contributed by atoms with Gasteiger partial charge in [-0.15, -0.1) is 0 Å². The number of nitrogens with one attached hydrogen (secondary N) is 1. The molecular formula is C23H42F6NOP. The van der Waals surface area contributed by atoms with Crippen molar-refractivity contribution in [3.05, 3.63) is 24.5 Å². The Hall–Kier alpha value is -1.04. The molecule has 0 bridgehead atoms. The number of pyridine rings is 1. The zero-order valence-electron chi connectivity index (χ0n) is 19.5. The van der Waals surface area contributed by atoms with E-state index in [4.69, 9.17) is 4.74 Å². The third kappa shape index (κ3) is 33.6. The van der Waals surface area contributed by atoms with E-state index < -0.39 is 7.81 Å². The molecular weight excluding hydrogens is 451 g/mol. The molecule has 2 nitrogen and oxygen atoms in total. The van der Waals surface area contributed by atoms with Crippen molar-refractivity contribution >= 4 is 7.81 Å². The van der Waals surface area contributed by atoms with E-state index in [-0.39, 0.29) is 0 Å². The van der Waals surface area contributed by atoms with Gasteiger partial charge in [-0.25, -0.2) is 4.98 Å². The average Bonchev–Trinajstić information content (AvgIpc) is 2.69. The summed E-state index contributed by atoms with van der Waals surface area (Å²) in [7, 11) is -10.7. The summed E-state index contributed by atoms with van der Waals surface area (Å²) >= 11 is 0. The van der Waals surface area contributed by atoms with Gasteiger partial charge in [0.25, 0.3) is 0 Å². The van der Waals surface area contributed by atoms with Gasteiger partial charge in [-0.2, -0.15) is 0 Å². The van der Waals surface area contributed by atoms with E-state index in [0.717, 1.165) is 12.4 Å². The number of H-pyrrole nitrogens is 1. The van der Waals surface area contributed by atoms with E-state index in [2.05, 4.69) is 11.9 Å². The molecule has 0 aromatic carbocycles. The Bertz CT molecular complexity index is 543. The van der Waals surface area contributed by atoms with Crippen LogP contribution in [-0.2, 0) is 0 Å². The molecule has 32 heavy (non-hydrogen) atoms. The van der Waals surface area contributed by atoms with Crippen LogP contribution in [0.4, 0.5) is 25.2 Å². The van der Waals surface area contributed by atoms with Gasteiger partial charge in [-0.3, -0.25) is 0 Å². The topological polar surface area (TPSA) is 23.4 Å². The SMILES string of the molecule is CCCCCCCCCCCCCCCCCCOc1cc[nH+]cc1.F[P-](F)(F)(F)(F)F. The monoisotopic (exact) mass is 493 g/mol. The number of unbranched alkanes of at least 4 members (excludes halogenated alkanes) is 15. The molecule has 0 saturated heterocycles. The number of aromatic amines is 1. The van der Waals surface area contributed by atoms with Crippen LogP contribution in [0.5, 0.6) is 5.75 Å². The molecule has 1 aromatic rings. The minimum atomic E-state index is -10.7. The maximum absolute atomic E-state index is 10.7. The van der Waals surface area contributed by atoms with Gasteiger partial charge in [0, 0.05) is 12.1 Å². The quantitative estimate of drug-likeness (QED) is 0.113. The van der Waals surface area contributed by atoms with Crippen LogP contribution in [0.2, 0.25) is 0 Å². The zero-order valence-corrected chi connectivity index (χ0v) is 20.3. The third-order valence-corrected chi connectivity index (χ3v) is 4.95. The molecule has 9 heteroatoms. The fourth-order valence-corrected chi connectivity index (χ4v) is 3.31. The van der Waals surface area contributed by atoms with Gasteiger partial charge >= 0.3 is 33.0 Å². The van der Waals surface area contributed by atoms with Gasteiger partial charge in [0.05, 0.1) is 6.61 Å². The molecule has 1 rings (SSSR count). The van der Waals surface area contributed by atoms with Crippen molar-refractivity contribution in [3.8, 4) is 5.75 Å². The van der Waals surface area contributed by atoms with Crippen molar-refractivity contribution in [1.82, 2.24) is 0 Å². The first-order valence-electron chi connectivity index (χ1n) is 12.0. The van der Waals surface area contributed by atoms with Gasteiger partial charge < -0.3 is 4.74 Å². The van der Waals surface area contributed by atoms with E-state index in [1.165, 1.54) is 103 Å². The molecule has 0 fully saturated rings. The number of halogens is 6. The maximum atomic E-state index is 9.87. The molecule has 0 amide bonds. The minimum absolute atomic E-state index is 0.850. The first-order chi connectivity index (χ1) is 14.9. The first kappa shape index (κ1) is 31.0. The molecule has 1 N–H and O–H groups in total. The summed E-state index contributed by atoms with van der Waals surface area (Å²) in [6, 6.07) is 3.96. The molecule has 1 aromatic heterocycles. The summed E-state index contributed by atoms with van der Waals surface area (Å²) in [6.07, 6.45) is 26.4. The zero-order chi connectivity index (χ0) is 24.2. The van der Waals surface area contributed by atoms with Crippen LogP contribution in [-0.4, -0.2) is 6.61 Å². The average molecular weight is 494 g/mol. The van der Waals surface area contributed by atoms with Crippen LogP contribution in [0.1, 0.15) is 110 Å². The van der Waals surface area contributed by atoms with Crippen LogP contribution in [0.3, 0.4) is 0 Å². The second kappa shape index (κ2) is 15.7. The summed E-state index contributed by atoms with van der Waals surface area (Å²) in [6.45, 7) is 3.14. The molecule has 0 aliphatic carbocycles. The van der Waals surface area contributed by atoms with E-state index in [0.29, 0.717) is 0 Å². The predicted molar refractivity (Wildman–Crippen MR) is 122 cm³/mol. The molecule has 0 atom stereocenters. The number of rotatable bonds is 18. The Morgan fingerprint density at radius 2 is 0.906 bits per heavy atom. The normalized spacial score (nSPS) is 13.6. The third-order valence-electron chi connectivity index (χ3n) is 4.95. The standard InChI is InChI=1S/C23H41NO.F6P/c1-2-3-4-5-6-7-8-9-10-11-12-13-14-15-16-17-22-25-23-18-20-24-21-19-23;1-7(2,3,4,5)6/h18-21H,2-17,22H2,1H3;/q;-1/p+1. The Labute approximate surface area is 189 Å². The molecule has 0 spiro atoms. The van der Waals surface area contributed by atoms with Gasteiger partial charge in [-0.05, 0) is 6.42 Å². The molecule has 0 aliphatic rings. The van der Waals surface area contributed by atoms with Crippen molar-refractivity contribution in [1.29, 1.82) is 0 Å². The van der Waals surface area contributed by atoms with E-state index in [9.17, 15) is 25.2 Å². The van der Waals surface area contributed by atoms with Crippen LogP contribution in [0.25, 0.3) is 0 Å². The van der Waals surface area contributed by atoms with Crippen LogP contribution in [0, 0.1) is 0 Å².